The van der Waals surface area contributed by atoms with E-state index in [9.17, 15) is 14.4 Å². The molecule has 3 aromatic rings. The fourth-order valence-corrected chi connectivity index (χ4v) is 3.36. The van der Waals surface area contributed by atoms with Crippen molar-refractivity contribution in [2.45, 2.75) is 13.0 Å². The molecule has 0 bridgehead atoms. The molecule has 0 heterocycles. The van der Waals surface area contributed by atoms with E-state index in [-0.39, 0.29) is 27.9 Å². The van der Waals surface area contributed by atoms with Gasteiger partial charge >= 0.3 is 5.97 Å². The third-order valence-electron chi connectivity index (χ3n) is 4.76. The maximum absolute atomic E-state index is 13.3. The highest BCUT2D eigenvalue weighted by Gasteiger charge is 2.28. The molecule has 0 fully saturated rings. The van der Waals surface area contributed by atoms with Crippen LogP contribution >= 0.6 is 11.6 Å². The van der Waals surface area contributed by atoms with Gasteiger partial charge in [-0.3, -0.25) is 9.59 Å². The highest BCUT2D eigenvalue weighted by molar-refractivity contribution is 6.34. The molecule has 0 unspecified atom stereocenters. The molecular weight excluding hydrogens is 446 g/mol. The van der Waals surface area contributed by atoms with Crippen LogP contribution in [0.25, 0.3) is 0 Å². The van der Waals surface area contributed by atoms with Gasteiger partial charge in [0.2, 0.25) is 11.7 Å². The predicted octanol–water partition coefficient (Wildman–Crippen LogP) is 5.10. The minimum Gasteiger partial charge on any atom is -0.497 e. The van der Waals surface area contributed by atoms with E-state index in [4.69, 9.17) is 25.8 Å². The number of benzene rings is 3. The van der Waals surface area contributed by atoms with E-state index >= 15 is 0 Å². The van der Waals surface area contributed by atoms with E-state index in [1.54, 1.807) is 54.6 Å². The minimum atomic E-state index is -1.20. The van der Waals surface area contributed by atoms with Gasteiger partial charge in [0.1, 0.15) is 17.1 Å². The number of rotatable bonds is 8. The molecule has 0 aromatic heterocycles. The number of ketones is 1. The number of halogens is 1. The van der Waals surface area contributed by atoms with E-state index in [0.717, 1.165) is 0 Å². The highest BCUT2D eigenvalue weighted by atomic mass is 35.5. The summed E-state index contributed by atoms with van der Waals surface area (Å²) in [6, 6.07) is 17.9. The molecule has 170 valence electrons. The zero-order valence-corrected chi connectivity index (χ0v) is 19.0. The average Bonchev–Trinajstić information content (AvgIpc) is 2.83. The SMILES string of the molecule is COc1ccc(C(=O)[C@@H](OC(=O)c2cc(Cl)c(NC(C)=O)cc2OC)c2ccccc2)cc1. The van der Waals surface area contributed by atoms with Gasteiger partial charge in [-0.25, -0.2) is 4.79 Å². The van der Waals surface area contributed by atoms with Gasteiger partial charge < -0.3 is 19.5 Å². The molecule has 1 amide bonds. The van der Waals surface area contributed by atoms with Gasteiger partial charge in [-0.1, -0.05) is 41.9 Å². The molecule has 7 nitrogen and oxygen atoms in total. The second-order valence-electron chi connectivity index (χ2n) is 7.00. The van der Waals surface area contributed by atoms with E-state index < -0.39 is 17.9 Å². The predicted molar refractivity (Wildman–Crippen MR) is 124 cm³/mol. The normalized spacial score (nSPS) is 11.3. The summed E-state index contributed by atoms with van der Waals surface area (Å²) in [5.41, 5.74) is 1.15. The fraction of sp³-hybridized carbons (Fsp3) is 0.160. The maximum Gasteiger partial charge on any atom is 0.343 e. The Kier molecular flexibility index (Phi) is 7.69. The summed E-state index contributed by atoms with van der Waals surface area (Å²) in [6.45, 7) is 1.33. The molecule has 0 saturated heterocycles. The monoisotopic (exact) mass is 467 g/mol. The zero-order chi connectivity index (χ0) is 24.0. The van der Waals surface area contributed by atoms with Crippen molar-refractivity contribution in [2.24, 2.45) is 0 Å². The van der Waals surface area contributed by atoms with Gasteiger partial charge in [-0.2, -0.15) is 0 Å². The van der Waals surface area contributed by atoms with Crippen LogP contribution in [-0.2, 0) is 9.53 Å². The molecule has 1 atom stereocenters. The van der Waals surface area contributed by atoms with Crippen LogP contribution < -0.4 is 14.8 Å². The Bertz CT molecular complexity index is 1160. The molecule has 0 aliphatic carbocycles. The van der Waals surface area contributed by atoms with E-state index in [1.165, 1.54) is 33.3 Å². The lowest BCUT2D eigenvalue weighted by molar-refractivity contribution is -0.114. The van der Waals surface area contributed by atoms with Crippen molar-refractivity contribution in [3.8, 4) is 11.5 Å². The highest BCUT2D eigenvalue weighted by Crippen LogP contribution is 2.33. The van der Waals surface area contributed by atoms with Crippen molar-refractivity contribution in [3.05, 3.63) is 88.4 Å². The Morgan fingerprint density at radius 2 is 1.58 bits per heavy atom. The second kappa shape index (κ2) is 10.7. The number of hydrogen-bond acceptors (Lipinski definition) is 6. The molecule has 33 heavy (non-hydrogen) atoms. The number of anilines is 1. The summed E-state index contributed by atoms with van der Waals surface area (Å²) in [6.07, 6.45) is -1.20. The fourth-order valence-electron chi connectivity index (χ4n) is 3.15. The molecule has 0 aliphatic heterocycles. The molecule has 0 spiro atoms. The number of carbonyl (C=O) groups excluding carboxylic acids is 3. The lowest BCUT2D eigenvalue weighted by Crippen LogP contribution is -2.21. The number of amides is 1. The van der Waals surface area contributed by atoms with Crippen molar-refractivity contribution >= 4 is 34.9 Å². The maximum atomic E-state index is 13.3. The minimum absolute atomic E-state index is 0.0139. The van der Waals surface area contributed by atoms with Crippen LogP contribution in [0, 0.1) is 0 Å². The van der Waals surface area contributed by atoms with E-state index in [2.05, 4.69) is 5.32 Å². The number of esters is 1. The number of nitrogens with one attached hydrogen (secondary N) is 1. The third kappa shape index (κ3) is 5.70. The van der Waals surface area contributed by atoms with Crippen LogP contribution in [0.5, 0.6) is 11.5 Å². The Morgan fingerprint density at radius 1 is 0.909 bits per heavy atom. The first kappa shape index (κ1) is 23.8. The van der Waals surface area contributed by atoms with Gasteiger partial charge in [0.15, 0.2) is 6.10 Å². The van der Waals surface area contributed by atoms with Gasteiger partial charge in [-0.15, -0.1) is 0 Å². The van der Waals surface area contributed by atoms with Gasteiger partial charge in [0.25, 0.3) is 0 Å². The van der Waals surface area contributed by atoms with Crippen molar-refractivity contribution < 1.29 is 28.6 Å². The van der Waals surface area contributed by atoms with Crippen molar-refractivity contribution in [2.75, 3.05) is 19.5 Å². The first-order valence-corrected chi connectivity index (χ1v) is 10.3. The van der Waals surface area contributed by atoms with Gasteiger partial charge in [-0.05, 0) is 30.3 Å². The van der Waals surface area contributed by atoms with Crippen LogP contribution in [0.1, 0.15) is 39.3 Å². The topological polar surface area (TPSA) is 90.9 Å². The Balaban J connectivity index is 1.96. The summed E-state index contributed by atoms with van der Waals surface area (Å²) in [7, 11) is 2.90. The van der Waals surface area contributed by atoms with Crippen LogP contribution in [0.3, 0.4) is 0 Å². The Morgan fingerprint density at radius 3 is 2.15 bits per heavy atom. The number of hydrogen-bond donors (Lipinski definition) is 1. The Hall–Kier alpha value is -3.84. The average molecular weight is 468 g/mol. The molecule has 3 rings (SSSR count). The van der Waals surface area contributed by atoms with Crippen molar-refractivity contribution in [3.63, 3.8) is 0 Å². The standard InChI is InChI=1S/C25H22ClNO6/c1-15(28)27-21-14-22(32-3)19(13-20(21)26)25(30)33-24(17-7-5-4-6-8-17)23(29)16-9-11-18(31-2)12-10-16/h4-14,24H,1-3H3,(H,27,28)/t24-/m0/s1. The summed E-state index contributed by atoms with van der Waals surface area (Å²) in [4.78, 5) is 37.8. The molecule has 8 heteroatoms. The van der Waals surface area contributed by atoms with Gasteiger partial charge in [0, 0.05) is 24.1 Å². The number of carbonyl (C=O) groups is 3. The lowest BCUT2D eigenvalue weighted by atomic mass is 9.99. The van der Waals surface area contributed by atoms with Crippen molar-refractivity contribution in [1.29, 1.82) is 0 Å². The quantitative estimate of drug-likeness (QED) is 0.366. The number of Topliss-reactive ketones (excluding diaryl/α,β-unsaturated/α-hetero) is 1. The molecular formula is C25H22ClNO6. The third-order valence-corrected chi connectivity index (χ3v) is 5.07. The second-order valence-corrected chi connectivity index (χ2v) is 7.41. The number of methoxy groups -OCH3 is 2. The first-order valence-electron chi connectivity index (χ1n) is 9.93. The first-order chi connectivity index (χ1) is 15.8. The molecule has 0 radical (unpaired) electrons. The van der Waals surface area contributed by atoms with Crippen molar-refractivity contribution in [1.82, 2.24) is 0 Å². The van der Waals surface area contributed by atoms with E-state index in [0.29, 0.717) is 16.9 Å². The zero-order valence-electron chi connectivity index (χ0n) is 18.3. The molecule has 0 saturated carbocycles. The van der Waals surface area contributed by atoms with Gasteiger partial charge in [0.05, 0.1) is 24.9 Å². The smallest absolute Gasteiger partial charge is 0.343 e. The largest absolute Gasteiger partial charge is 0.497 e. The molecule has 3 aromatic carbocycles. The van der Waals surface area contributed by atoms with Crippen LogP contribution in [0.2, 0.25) is 5.02 Å². The van der Waals surface area contributed by atoms with E-state index in [1.807, 2.05) is 0 Å². The van der Waals surface area contributed by atoms with Crippen LogP contribution in [-0.4, -0.2) is 31.9 Å². The summed E-state index contributed by atoms with van der Waals surface area (Å²) in [5, 5.41) is 2.68. The van der Waals surface area contributed by atoms with Crippen LogP contribution in [0.4, 0.5) is 5.69 Å². The summed E-state index contributed by atoms with van der Waals surface area (Å²) in [5.74, 6) is -0.810. The molecule has 1 N–H and O–H groups in total. The molecule has 0 aliphatic rings. The lowest BCUT2D eigenvalue weighted by Gasteiger charge is -2.19. The summed E-state index contributed by atoms with van der Waals surface area (Å²) >= 11 is 6.23. The Labute approximate surface area is 196 Å². The van der Waals surface area contributed by atoms with Crippen LogP contribution in [0.15, 0.2) is 66.7 Å². The number of ether oxygens (including phenoxy) is 3. The summed E-state index contributed by atoms with van der Waals surface area (Å²) < 4.78 is 16.1.